The van der Waals surface area contributed by atoms with Gasteiger partial charge in [0.15, 0.2) is 0 Å². The van der Waals surface area contributed by atoms with E-state index >= 15 is 0 Å². The van der Waals surface area contributed by atoms with Gasteiger partial charge in [0.1, 0.15) is 4.90 Å². The summed E-state index contributed by atoms with van der Waals surface area (Å²) in [6, 6.07) is -0.237. The zero-order valence-electron chi connectivity index (χ0n) is 11.4. The van der Waals surface area contributed by atoms with Gasteiger partial charge in [-0.3, -0.25) is 0 Å². The van der Waals surface area contributed by atoms with Gasteiger partial charge in [-0.15, -0.1) is 11.3 Å². The molecule has 0 aliphatic rings. The van der Waals surface area contributed by atoms with E-state index in [1.165, 1.54) is 11.3 Å². The Morgan fingerprint density at radius 3 is 2.90 bits per heavy atom. The first kappa shape index (κ1) is 15.2. The van der Waals surface area contributed by atoms with Crippen molar-refractivity contribution < 1.29 is 8.42 Å². The molecule has 0 bridgehead atoms. The largest absolute Gasteiger partial charge is 0.336 e. The lowest BCUT2D eigenvalue weighted by molar-refractivity contribution is 0.520. The number of nitrogens with one attached hydrogen (secondary N) is 1. The monoisotopic (exact) mass is 314 g/mol. The fourth-order valence-electron chi connectivity index (χ4n) is 2.06. The summed E-state index contributed by atoms with van der Waals surface area (Å²) >= 11 is 1.38. The predicted octanol–water partition coefficient (Wildman–Crippen LogP) is 1.08. The highest BCUT2D eigenvalue weighted by Gasteiger charge is 2.24. The Bertz CT molecular complexity index is 662. The molecule has 110 valence electrons. The van der Waals surface area contributed by atoms with Crippen molar-refractivity contribution in [3.05, 3.63) is 34.5 Å². The predicted molar refractivity (Wildman–Crippen MR) is 79.0 cm³/mol. The van der Waals surface area contributed by atoms with Gasteiger partial charge in [-0.1, -0.05) is 0 Å². The van der Waals surface area contributed by atoms with Gasteiger partial charge in [0.05, 0.1) is 6.33 Å². The molecule has 0 radical (unpaired) electrons. The molecule has 0 fully saturated rings. The summed E-state index contributed by atoms with van der Waals surface area (Å²) in [7, 11) is -3.55. The van der Waals surface area contributed by atoms with Gasteiger partial charge in [-0.05, 0) is 24.8 Å². The third kappa shape index (κ3) is 3.26. The molecule has 0 amide bonds. The Balaban J connectivity index is 2.16. The minimum absolute atomic E-state index is 0.227. The maximum atomic E-state index is 12.4. The lowest BCUT2D eigenvalue weighted by atomic mass is 10.3. The number of imidazole rings is 1. The average Bonchev–Trinajstić information content (AvgIpc) is 2.97. The topological polar surface area (TPSA) is 90.0 Å². The molecule has 1 unspecified atom stereocenters. The van der Waals surface area contributed by atoms with Gasteiger partial charge in [-0.2, -0.15) is 0 Å². The van der Waals surface area contributed by atoms with E-state index in [1.54, 1.807) is 25.6 Å². The number of hydrogen-bond acceptors (Lipinski definition) is 5. The Morgan fingerprint density at radius 1 is 1.55 bits per heavy atom. The Morgan fingerprint density at radius 2 is 2.30 bits per heavy atom. The Kier molecular flexibility index (Phi) is 4.59. The first-order valence-electron chi connectivity index (χ1n) is 6.19. The summed E-state index contributed by atoms with van der Waals surface area (Å²) < 4.78 is 29.4. The normalized spacial score (nSPS) is 13.6. The molecule has 20 heavy (non-hydrogen) atoms. The van der Waals surface area contributed by atoms with Crippen LogP contribution in [-0.4, -0.2) is 24.0 Å². The first-order chi connectivity index (χ1) is 9.44. The maximum absolute atomic E-state index is 12.4. The zero-order chi connectivity index (χ0) is 14.8. The average molecular weight is 314 g/mol. The van der Waals surface area contributed by atoms with E-state index in [0.29, 0.717) is 16.3 Å². The SMILES string of the molecule is Cc1csc(CN)c1S(=O)(=O)NC(C)Cn1ccnc1. The molecule has 2 heterocycles. The van der Waals surface area contributed by atoms with Gasteiger partial charge < -0.3 is 10.3 Å². The van der Waals surface area contributed by atoms with E-state index in [0.717, 1.165) is 5.56 Å². The number of rotatable bonds is 6. The number of thiophene rings is 1. The van der Waals surface area contributed by atoms with E-state index in [-0.39, 0.29) is 12.6 Å². The molecule has 2 aromatic rings. The van der Waals surface area contributed by atoms with Crippen LogP contribution in [0.15, 0.2) is 29.0 Å². The van der Waals surface area contributed by atoms with Gasteiger partial charge in [0.25, 0.3) is 0 Å². The summed E-state index contributed by atoms with van der Waals surface area (Å²) in [6.45, 7) is 4.36. The van der Waals surface area contributed by atoms with Gasteiger partial charge in [0.2, 0.25) is 10.0 Å². The number of sulfonamides is 1. The van der Waals surface area contributed by atoms with Crippen molar-refractivity contribution in [2.24, 2.45) is 5.73 Å². The minimum Gasteiger partial charge on any atom is -0.336 e. The molecule has 0 aliphatic heterocycles. The maximum Gasteiger partial charge on any atom is 0.242 e. The van der Waals surface area contributed by atoms with Crippen molar-refractivity contribution in [2.45, 2.75) is 37.9 Å². The standard InChI is InChI=1S/C12H18N4O2S2/c1-9-7-19-11(5-13)12(9)20(17,18)15-10(2)6-16-4-3-14-8-16/h3-4,7-8,10,15H,5-6,13H2,1-2H3. The summed E-state index contributed by atoms with van der Waals surface area (Å²) in [5.74, 6) is 0. The molecule has 2 aromatic heterocycles. The van der Waals surface area contributed by atoms with Crippen LogP contribution in [0.1, 0.15) is 17.4 Å². The summed E-state index contributed by atoms with van der Waals surface area (Å²) in [6.07, 6.45) is 5.12. The molecule has 6 nitrogen and oxygen atoms in total. The van der Waals surface area contributed by atoms with Crippen LogP contribution in [0.2, 0.25) is 0 Å². The quantitative estimate of drug-likeness (QED) is 0.835. The third-order valence-electron chi connectivity index (χ3n) is 2.84. The lowest BCUT2D eigenvalue weighted by Gasteiger charge is -2.15. The fraction of sp³-hybridized carbons (Fsp3) is 0.417. The van der Waals surface area contributed by atoms with E-state index in [4.69, 9.17) is 5.73 Å². The first-order valence-corrected chi connectivity index (χ1v) is 8.55. The van der Waals surface area contributed by atoms with Crippen LogP contribution in [0, 0.1) is 6.92 Å². The van der Waals surface area contributed by atoms with Crippen molar-refractivity contribution in [3.63, 3.8) is 0 Å². The van der Waals surface area contributed by atoms with E-state index in [1.807, 2.05) is 16.9 Å². The van der Waals surface area contributed by atoms with E-state index in [2.05, 4.69) is 9.71 Å². The number of nitrogens with two attached hydrogens (primary N) is 1. The van der Waals surface area contributed by atoms with Crippen LogP contribution in [0.25, 0.3) is 0 Å². The van der Waals surface area contributed by atoms with Crippen LogP contribution < -0.4 is 10.5 Å². The molecule has 0 aromatic carbocycles. The number of nitrogens with zero attached hydrogens (tertiary/aromatic N) is 2. The number of aromatic nitrogens is 2. The van der Waals surface area contributed by atoms with Crippen molar-refractivity contribution >= 4 is 21.4 Å². The van der Waals surface area contributed by atoms with Crippen LogP contribution in [-0.2, 0) is 23.1 Å². The van der Waals surface area contributed by atoms with Crippen molar-refractivity contribution in [2.75, 3.05) is 0 Å². The van der Waals surface area contributed by atoms with Crippen molar-refractivity contribution in [1.29, 1.82) is 0 Å². The van der Waals surface area contributed by atoms with Crippen LogP contribution >= 0.6 is 11.3 Å². The van der Waals surface area contributed by atoms with Gasteiger partial charge in [-0.25, -0.2) is 18.1 Å². The number of hydrogen-bond donors (Lipinski definition) is 2. The van der Waals surface area contributed by atoms with E-state index in [9.17, 15) is 8.42 Å². The molecule has 0 spiro atoms. The zero-order valence-corrected chi connectivity index (χ0v) is 13.0. The highest BCUT2D eigenvalue weighted by molar-refractivity contribution is 7.89. The summed E-state index contributed by atoms with van der Waals surface area (Å²) in [4.78, 5) is 4.94. The third-order valence-corrected chi connectivity index (χ3v) is 5.92. The molecule has 0 saturated carbocycles. The highest BCUT2D eigenvalue weighted by atomic mass is 32.2. The molecule has 0 saturated heterocycles. The minimum atomic E-state index is -3.55. The van der Waals surface area contributed by atoms with Crippen LogP contribution in [0.5, 0.6) is 0 Å². The molecule has 1 atom stereocenters. The molecule has 8 heteroatoms. The summed E-state index contributed by atoms with van der Waals surface area (Å²) in [5, 5.41) is 1.82. The van der Waals surface area contributed by atoms with Crippen molar-refractivity contribution in [1.82, 2.24) is 14.3 Å². The van der Waals surface area contributed by atoms with Gasteiger partial charge >= 0.3 is 0 Å². The molecular formula is C12H18N4O2S2. The van der Waals surface area contributed by atoms with E-state index < -0.39 is 10.0 Å². The Labute approximate surface area is 122 Å². The van der Waals surface area contributed by atoms with Gasteiger partial charge in [0, 0.05) is 36.4 Å². The highest BCUT2D eigenvalue weighted by Crippen LogP contribution is 2.26. The second-order valence-electron chi connectivity index (χ2n) is 4.66. The molecule has 2 rings (SSSR count). The van der Waals surface area contributed by atoms with Crippen LogP contribution in [0.4, 0.5) is 0 Å². The van der Waals surface area contributed by atoms with Crippen LogP contribution in [0.3, 0.4) is 0 Å². The molecular weight excluding hydrogens is 296 g/mol. The second-order valence-corrected chi connectivity index (χ2v) is 7.27. The fourth-order valence-corrected chi connectivity index (χ4v) is 5.00. The summed E-state index contributed by atoms with van der Waals surface area (Å²) in [5.41, 5.74) is 6.34. The lowest BCUT2D eigenvalue weighted by Crippen LogP contribution is -2.36. The van der Waals surface area contributed by atoms with Crippen molar-refractivity contribution in [3.8, 4) is 0 Å². The Hall–Kier alpha value is -1.22. The smallest absolute Gasteiger partial charge is 0.242 e. The number of aryl methyl sites for hydroxylation is 1. The molecule has 0 aliphatic carbocycles. The molecule has 3 N–H and O–H groups in total. The second kappa shape index (κ2) is 6.04.